The molecule has 0 unspecified atom stereocenters. The first-order valence-corrected chi connectivity index (χ1v) is 11.0. The Balaban J connectivity index is 1.47. The van der Waals surface area contributed by atoms with Gasteiger partial charge in [-0.05, 0) is 55.0 Å². The number of fused-ring (bicyclic) bond motifs is 1. The summed E-state index contributed by atoms with van der Waals surface area (Å²) >= 11 is 0. The van der Waals surface area contributed by atoms with E-state index in [-0.39, 0.29) is 18.5 Å². The maximum absolute atomic E-state index is 13.2. The van der Waals surface area contributed by atoms with Gasteiger partial charge < -0.3 is 19.5 Å². The summed E-state index contributed by atoms with van der Waals surface area (Å²) in [6.45, 7) is 4.71. The summed E-state index contributed by atoms with van der Waals surface area (Å²) in [5.41, 5.74) is 2.97. The molecular weight excluding hydrogens is 394 g/mol. The Bertz CT molecular complexity index is 978. The van der Waals surface area contributed by atoms with Crippen molar-refractivity contribution in [3.8, 4) is 11.5 Å². The lowest BCUT2D eigenvalue weighted by molar-refractivity contribution is -0.153. The Morgan fingerprint density at radius 1 is 1.06 bits per heavy atom. The molecule has 0 aromatic heterocycles. The van der Waals surface area contributed by atoms with Crippen LogP contribution >= 0.6 is 0 Å². The van der Waals surface area contributed by atoms with Gasteiger partial charge in [-0.2, -0.15) is 0 Å². The molecule has 2 aromatic rings. The number of carbonyl (C=O) groups is 2. The maximum Gasteiger partial charge on any atom is 0.317 e. The zero-order valence-electron chi connectivity index (χ0n) is 18.2. The van der Waals surface area contributed by atoms with Crippen LogP contribution in [0.1, 0.15) is 49.3 Å². The summed E-state index contributed by atoms with van der Waals surface area (Å²) in [7, 11) is 0. The lowest BCUT2D eigenvalue weighted by Crippen LogP contribution is -2.36. The van der Waals surface area contributed by atoms with Crippen LogP contribution in [0.25, 0.3) is 0 Å². The number of amides is 1. The lowest BCUT2D eigenvalue weighted by Gasteiger charge is -2.29. The number of benzene rings is 2. The molecule has 2 aromatic carbocycles. The van der Waals surface area contributed by atoms with E-state index in [4.69, 9.17) is 14.2 Å². The average molecular weight is 424 g/mol. The van der Waals surface area contributed by atoms with Crippen LogP contribution in [-0.2, 0) is 26.2 Å². The summed E-state index contributed by atoms with van der Waals surface area (Å²) < 4.78 is 16.9. The van der Waals surface area contributed by atoms with Crippen molar-refractivity contribution in [2.24, 2.45) is 0 Å². The number of rotatable bonds is 6. The molecule has 6 nitrogen and oxygen atoms in total. The van der Waals surface area contributed by atoms with Gasteiger partial charge in [0.2, 0.25) is 0 Å². The minimum Gasteiger partial charge on any atom is -0.486 e. The van der Waals surface area contributed by atoms with Crippen molar-refractivity contribution >= 4 is 17.6 Å². The summed E-state index contributed by atoms with van der Waals surface area (Å²) in [5, 5.41) is 2.92. The number of aryl methyl sites for hydroxylation is 2. The molecule has 1 N–H and O–H groups in total. The van der Waals surface area contributed by atoms with E-state index in [0.29, 0.717) is 37.6 Å². The minimum absolute atomic E-state index is 0.303. The quantitative estimate of drug-likeness (QED) is 0.701. The summed E-state index contributed by atoms with van der Waals surface area (Å²) in [5.74, 6) is 0.679. The fourth-order valence-electron chi connectivity index (χ4n) is 4.58. The largest absolute Gasteiger partial charge is 0.486 e. The number of esters is 1. The Labute approximate surface area is 182 Å². The monoisotopic (exact) mass is 423 g/mol. The van der Waals surface area contributed by atoms with Gasteiger partial charge in [-0.25, -0.2) is 0 Å². The molecule has 4 rings (SSSR count). The highest BCUT2D eigenvalue weighted by Crippen LogP contribution is 2.45. The van der Waals surface area contributed by atoms with E-state index in [9.17, 15) is 9.59 Å². The zero-order valence-corrected chi connectivity index (χ0v) is 18.2. The van der Waals surface area contributed by atoms with Gasteiger partial charge in [-0.1, -0.05) is 44.0 Å². The molecule has 0 saturated heterocycles. The third-order valence-corrected chi connectivity index (χ3v) is 6.28. The highest BCUT2D eigenvalue weighted by Gasteiger charge is 2.45. The third kappa shape index (κ3) is 4.24. The van der Waals surface area contributed by atoms with E-state index < -0.39 is 5.41 Å². The van der Waals surface area contributed by atoms with Gasteiger partial charge in [0.15, 0.2) is 18.1 Å². The van der Waals surface area contributed by atoms with Crippen LogP contribution in [0.5, 0.6) is 11.5 Å². The predicted molar refractivity (Wildman–Crippen MR) is 118 cm³/mol. The molecule has 0 radical (unpaired) electrons. The molecule has 0 spiro atoms. The number of nitrogens with one attached hydrogen (secondary N) is 1. The van der Waals surface area contributed by atoms with Gasteiger partial charge in [-0.15, -0.1) is 0 Å². The molecule has 2 aliphatic rings. The fourth-order valence-corrected chi connectivity index (χ4v) is 4.58. The second-order valence-electron chi connectivity index (χ2n) is 8.23. The molecule has 0 atom stereocenters. The van der Waals surface area contributed by atoms with Crippen LogP contribution in [0.4, 0.5) is 5.69 Å². The number of ether oxygens (including phenoxy) is 3. The first-order valence-electron chi connectivity index (χ1n) is 11.0. The van der Waals surface area contributed by atoms with Crippen LogP contribution in [0, 0.1) is 6.92 Å². The van der Waals surface area contributed by atoms with Crippen molar-refractivity contribution < 1.29 is 23.8 Å². The number of carbonyl (C=O) groups excluding carboxylic acids is 2. The van der Waals surface area contributed by atoms with E-state index in [1.165, 1.54) is 0 Å². The molecule has 1 heterocycles. The molecule has 1 amide bonds. The van der Waals surface area contributed by atoms with Gasteiger partial charge in [-0.3, -0.25) is 9.59 Å². The first kappa shape index (κ1) is 21.2. The molecule has 1 fully saturated rings. The lowest BCUT2D eigenvalue weighted by atomic mass is 9.78. The van der Waals surface area contributed by atoms with Crippen LogP contribution in [-0.4, -0.2) is 31.7 Å². The Kier molecular flexibility index (Phi) is 6.16. The second-order valence-corrected chi connectivity index (χ2v) is 8.23. The molecule has 1 saturated carbocycles. The van der Waals surface area contributed by atoms with Crippen molar-refractivity contribution in [3.05, 3.63) is 53.1 Å². The van der Waals surface area contributed by atoms with Gasteiger partial charge in [0.25, 0.3) is 5.91 Å². The highest BCUT2D eigenvalue weighted by atomic mass is 16.6. The van der Waals surface area contributed by atoms with Crippen LogP contribution in [0.15, 0.2) is 36.4 Å². The molecule has 31 heavy (non-hydrogen) atoms. The van der Waals surface area contributed by atoms with E-state index >= 15 is 0 Å². The molecule has 164 valence electrons. The van der Waals surface area contributed by atoms with Crippen molar-refractivity contribution in [1.82, 2.24) is 0 Å². The van der Waals surface area contributed by atoms with Gasteiger partial charge in [0.1, 0.15) is 13.2 Å². The second kappa shape index (κ2) is 9.00. The Hall–Kier alpha value is -3.02. The number of hydrogen-bond acceptors (Lipinski definition) is 5. The van der Waals surface area contributed by atoms with E-state index in [2.05, 4.69) is 5.32 Å². The van der Waals surface area contributed by atoms with E-state index in [0.717, 1.165) is 41.6 Å². The first-order chi connectivity index (χ1) is 15.0. The molecule has 1 aliphatic heterocycles. The number of hydrogen-bond donors (Lipinski definition) is 1. The third-order valence-electron chi connectivity index (χ3n) is 6.28. The van der Waals surface area contributed by atoms with Crippen molar-refractivity contribution in [2.45, 2.75) is 51.4 Å². The predicted octanol–water partition coefficient (Wildman–Crippen LogP) is 4.32. The van der Waals surface area contributed by atoms with Crippen molar-refractivity contribution in [2.75, 3.05) is 25.1 Å². The molecule has 0 bridgehead atoms. The van der Waals surface area contributed by atoms with Gasteiger partial charge in [0, 0.05) is 5.69 Å². The highest BCUT2D eigenvalue weighted by molar-refractivity contribution is 5.95. The summed E-state index contributed by atoms with van der Waals surface area (Å²) in [6, 6.07) is 11.6. The maximum atomic E-state index is 13.2. The zero-order chi connectivity index (χ0) is 21.8. The Morgan fingerprint density at radius 3 is 2.55 bits per heavy atom. The summed E-state index contributed by atoms with van der Waals surface area (Å²) in [4.78, 5) is 25.8. The summed E-state index contributed by atoms with van der Waals surface area (Å²) in [6.07, 6.45) is 4.09. The van der Waals surface area contributed by atoms with Gasteiger partial charge >= 0.3 is 5.97 Å². The minimum atomic E-state index is -0.743. The van der Waals surface area contributed by atoms with E-state index in [1.54, 1.807) is 0 Å². The van der Waals surface area contributed by atoms with Crippen LogP contribution in [0.3, 0.4) is 0 Å². The normalized spacial score (nSPS) is 16.6. The van der Waals surface area contributed by atoms with Crippen LogP contribution < -0.4 is 14.8 Å². The number of anilines is 1. The van der Waals surface area contributed by atoms with Gasteiger partial charge in [0.05, 0.1) is 5.41 Å². The van der Waals surface area contributed by atoms with Crippen LogP contribution in [0.2, 0.25) is 0 Å². The fraction of sp³-hybridized carbons (Fsp3) is 0.440. The van der Waals surface area contributed by atoms with Crippen molar-refractivity contribution in [1.29, 1.82) is 0 Å². The van der Waals surface area contributed by atoms with E-state index in [1.807, 2.05) is 50.2 Å². The van der Waals surface area contributed by atoms with Crippen molar-refractivity contribution in [3.63, 3.8) is 0 Å². The number of para-hydroxylation sites is 1. The molecular formula is C25H29NO5. The average Bonchev–Trinajstić information content (AvgIpc) is 3.30. The standard InChI is InChI=1S/C25H29NO5/c1-3-18-8-6-7-17(2)23(18)26-22(27)16-31-24(28)25(11-4-5-12-25)19-9-10-20-21(15-19)30-14-13-29-20/h6-10,15H,3-5,11-14,16H2,1-2H3,(H,26,27). The smallest absolute Gasteiger partial charge is 0.317 e. The molecule has 6 heteroatoms. The molecule has 1 aliphatic carbocycles. The SMILES string of the molecule is CCc1cccc(C)c1NC(=O)COC(=O)C1(c2ccc3c(c2)OCCO3)CCCC1. The Morgan fingerprint density at radius 2 is 1.81 bits per heavy atom. The topological polar surface area (TPSA) is 73.9 Å².